The first-order chi connectivity index (χ1) is 13.0. The second-order valence-corrected chi connectivity index (χ2v) is 7.31. The van der Waals surface area contributed by atoms with E-state index in [0.717, 1.165) is 30.6 Å². The lowest BCUT2D eigenvalue weighted by atomic mass is 10.0. The molecule has 0 bridgehead atoms. The Morgan fingerprint density at radius 1 is 0.926 bits per heavy atom. The highest BCUT2D eigenvalue weighted by atomic mass is 16.1. The molecule has 0 unspecified atom stereocenters. The van der Waals surface area contributed by atoms with E-state index in [0.29, 0.717) is 0 Å². The topological polar surface area (TPSA) is 23.6 Å². The maximum atomic E-state index is 12.4. The molecule has 27 heavy (non-hydrogen) atoms. The van der Waals surface area contributed by atoms with E-state index in [2.05, 4.69) is 74.3 Å². The Labute approximate surface area is 164 Å². The van der Waals surface area contributed by atoms with Crippen LogP contribution in [0.4, 0.5) is 5.69 Å². The molecule has 0 amide bonds. The molecule has 0 fully saturated rings. The first-order valence-corrected chi connectivity index (χ1v) is 9.77. The summed E-state index contributed by atoms with van der Waals surface area (Å²) in [6.45, 7) is 4.19. The molecule has 0 aliphatic heterocycles. The largest absolute Gasteiger partial charge is 0.373 e. The lowest BCUT2D eigenvalue weighted by Gasteiger charge is -2.21. The van der Waals surface area contributed by atoms with Crippen molar-refractivity contribution < 1.29 is 4.79 Å². The van der Waals surface area contributed by atoms with Crippen LogP contribution >= 0.6 is 0 Å². The number of ketones is 1. The molecule has 144 valence electrons. The first kappa shape index (κ1) is 20.9. The summed E-state index contributed by atoms with van der Waals surface area (Å²) < 4.78 is 0. The molecule has 0 saturated heterocycles. The predicted octanol–water partition coefficient (Wildman–Crippen LogP) is 4.92. The Morgan fingerprint density at radius 3 is 2.19 bits per heavy atom. The molecule has 0 spiro atoms. The summed E-state index contributed by atoms with van der Waals surface area (Å²) in [4.78, 5) is 16.8. The molecule has 2 aromatic rings. The quantitative estimate of drug-likeness (QED) is 0.441. The Morgan fingerprint density at radius 2 is 1.59 bits per heavy atom. The maximum absolute atomic E-state index is 12.4. The average Bonchev–Trinajstić information content (AvgIpc) is 2.69. The molecule has 0 heterocycles. The summed E-state index contributed by atoms with van der Waals surface area (Å²) in [6, 6.07) is 16.3. The van der Waals surface area contributed by atoms with Gasteiger partial charge in [0, 0.05) is 31.4 Å². The maximum Gasteiger partial charge on any atom is 0.185 e. The van der Waals surface area contributed by atoms with E-state index in [1.54, 1.807) is 6.08 Å². The van der Waals surface area contributed by atoms with E-state index in [9.17, 15) is 4.79 Å². The van der Waals surface area contributed by atoms with Gasteiger partial charge in [-0.3, -0.25) is 4.79 Å². The summed E-state index contributed by atoms with van der Waals surface area (Å²) in [5.74, 6) is 0.0456. The van der Waals surface area contributed by atoms with Crippen LogP contribution in [0.5, 0.6) is 0 Å². The fourth-order valence-corrected chi connectivity index (χ4v) is 2.80. The normalized spacial score (nSPS) is 11.3. The van der Waals surface area contributed by atoms with Crippen LogP contribution in [0.25, 0.3) is 6.08 Å². The summed E-state index contributed by atoms with van der Waals surface area (Å²) in [6.07, 6.45) is 7.00. The zero-order valence-corrected chi connectivity index (χ0v) is 17.1. The second-order valence-electron chi connectivity index (χ2n) is 7.31. The Balaban J connectivity index is 1.93. The highest BCUT2D eigenvalue weighted by molar-refractivity contribution is 6.06. The van der Waals surface area contributed by atoms with Gasteiger partial charge in [0.05, 0.1) is 0 Å². The molecule has 2 aromatic carbocycles. The SMILES string of the molecule is CCCCc1ccc(C(=O)/C=C/c2ccc(N(C)CCN(C)C)cc2)cc1. The number of allylic oxidation sites excluding steroid dienone is 1. The number of carbonyl (C=O) groups is 1. The van der Waals surface area contributed by atoms with Crippen molar-refractivity contribution in [3.63, 3.8) is 0 Å². The first-order valence-electron chi connectivity index (χ1n) is 9.77. The molecule has 0 radical (unpaired) electrons. The highest BCUT2D eigenvalue weighted by Gasteiger charge is 2.03. The summed E-state index contributed by atoms with van der Waals surface area (Å²) >= 11 is 0. The van der Waals surface area contributed by atoms with Crippen LogP contribution in [0.2, 0.25) is 0 Å². The fraction of sp³-hybridized carbons (Fsp3) is 0.375. The molecular weight excluding hydrogens is 332 g/mol. The van der Waals surface area contributed by atoms with Crippen molar-refractivity contribution >= 4 is 17.5 Å². The zero-order valence-electron chi connectivity index (χ0n) is 17.1. The van der Waals surface area contributed by atoms with Gasteiger partial charge in [-0.15, -0.1) is 0 Å². The molecule has 0 N–H and O–H groups in total. The van der Waals surface area contributed by atoms with Gasteiger partial charge in [0.25, 0.3) is 0 Å². The molecule has 0 aromatic heterocycles. The van der Waals surface area contributed by atoms with Crippen molar-refractivity contribution in [2.75, 3.05) is 39.1 Å². The molecule has 3 nitrogen and oxygen atoms in total. The van der Waals surface area contributed by atoms with Gasteiger partial charge >= 0.3 is 0 Å². The number of benzene rings is 2. The minimum Gasteiger partial charge on any atom is -0.373 e. The predicted molar refractivity (Wildman–Crippen MR) is 117 cm³/mol. The monoisotopic (exact) mass is 364 g/mol. The minimum absolute atomic E-state index is 0.0456. The van der Waals surface area contributed by atoms with Gasteiger partial charge in [-0.2, -0.15) is 0 Å². The van der Waals surface area contributed by atoms with Crippen molar-refractivity contribution in [2.24, 2.45) is 0 Å². The number of nitrogens with zero attached hydrogens (tertiary/aromatic N) is 2. The van der Waals surface area contributed by atoms with E-state index in [1.807, 2.05) is 18.2 Å². The van der Waals surface area contributed by atoms with Crippen LogP contribution in [-0.4, -0.2) is 44.9 Å². The zero-order chi connectivity index (χ0) is 19.6. The number of hydrogen-bond acceptors (Lipinski definition) is 3. The van der Waals surface area contributed by atoms with Gasteiger partial charge in [0.15, 0.2) is 5.78 Å². The Bertz CT molecular complexity index is 730. The van der Waals surface area contributed by atoms with E-state index >= 15 is 0 Å². The number of rotatable bonds is 10. The molecule has 3 heteroatoms. The van der Waals surface area contributed by atoms with Crippen LogP contribution in [0.1, 0.15) is 41.3 Å². The van der Waals surface area contributed by atoms with Crippen molar-refractivity contribution in [3.05, 3.63) is 71.3 Å². The van der Waals surface area contributed by atoms with Gasteiger partial charge in [-0.1, -0.05) is 55.8 Å². The lowest BCUT2D eigenvalue weighted by molar-refractivity contribution is 0.104. The Hall–Kier alpha value is -2.39. The molecule has 0 saturated carbocycles. The minimum atomic E-state index is 0.0456. The molecule has 0 aliphatic carbocycles. The molecule has 0 atom stereocenters. The number of carbonyl (C=O) groups excluding carboxylic acids is 1. The summed E-state index contributed by atoms with van der Waals surface area (Å²) in [5.41, 5.74) is 4.26. The number of hydrogen-bond donors (Lipinski definition) is 0. The number of unbranched alkanes of at least 4 members (excludes halogenated alkanes) is 1. The number of aryl methyl sites for hydroxylation is 1. The van der Waals surface area contributed by atoms with E-state index in [1.165, 1.54) is 24.1 Å². The van der Waals surface area contributed by atoms with Gasteiger partial charge in [0.2, 0.25) is 0 Å². The van der Waals surface area contributed by atoms with Crippen LogP contribution in [0.15, 0.2) is 54.6 Å². The standard InChI is InChI=1S/C24H32N2O/c1-5-6-7-20-8-13-22(14-9-20)24(27)17-12-21-10-15-23(16-11-21)26(4)19-18-25(2)3/h8-17H,5-7,18-19H2,1-4H3/b17-12+. The van der Waals surface area contributed by atoms with Crippen molar-refractivity contribution in [2.45, 2.75) is 26.2 Å². The van der Waals surface area contributed by atoms with Crippen LogP contribution in [0.3, 0.4) is 0 Å². The molecule has 0 aliphatic rings. The van der Waals surface area contributed by atoms with Crippen molar-refractivity contribution in [3.8, 4) is 0 Å². The van der Waals surface area contributed by atoms with E-state index in [-0.39, 0.29) is 5.78 Å². The molecule has 2 rings (SSSR count). The van der Waals surface area contributed by atoms with Gasteiger partial charge in [-0.05, 0) is 56.3 Å². The smallest absolute Gasteiger partial charge is 0.185 e. The average molecular weight is 365 g/mol. The number of anilines is 1. The summed E-state index contributed by atoms with van der Waals surface area (Å²) in [5, 5.41) is 0. The van der Waals surface area contributed by atoms with Crippen molar-refractivity contribution in [1.29, 1.82) is 0 Å². The second kappa shape index (κ2) is 10.7. The third-order valence-corrected chi connectivity index (χ3v) is 4.70. The molecular formula is C24H32N2O. The third kappa shape index (κ3) is 7.03. The van der Waals surface area contributed by atoms with E-state index in [4.69, 9.17) is 0 Å². The van der Waals surface area contributed by atoms with Gasteiger partial charge in [-0.25, -0.2) is 0 Å². The van der Waals surface area contributed by atoms with Gasteiger partial charge in [0.1, 0.15) is 0 Å². The van der Waals surface area contributed by atoms with Crippen molar-refractivity contribution in [1.82, 2.24) is 4.90 Å². The third-order valence-electron chi connectivity index (χ3n) is 4.70. The highest BCUT2D eigenvalue weighted by Crippen LogP contribution is 2.15. The van der Waals surface area contributed by atoms with Crippen LogP contribution < -0.4 is 4.90 Å². The van der Waals surface area contributed by atoms with Gasteiger partial charge < -0.3 is 9.80 Å². The fourth-order valence-electron chi connectivity index (χ4n) is 2.80. The lowest BCUT2D eigenvalue weighted by Crippen LogP contribution is -2.28. The van der Waals surface area contributed by atoms with Crippen LogP contribution in [0, 0.1) is 0 Å². The van der Waals surface area contributed by atoms with Crippen LogP contribution in [-0.2, 0) is 6.42 Å². The summed E-state index contributed by atoms with van der Waals surface area (Å²) in [7, 11) is 6.26. The van der Waals surface area contributed by atoms with E-state index < -0.39 is 0 Å². The number of likely N-dealkylation sites (N-methyl/N-ethyl adjacent to an activating group) is 2. The Kier molecular flexibility index (Phi) is 8.28.